The number of nitrogens with zero attached hydrogens (tertiary/aromatic N) is 2. The number of benzene rings is 3. The summed E-state index contributed by atoms with van der Waals surface area (Å²) in [6.07, 6.45) is 0. The Labute approximate surface area is 203 Å². The Morgan fingerprint density at radius 1 is 0.853 bits per heavy atom. The Morgan fingerprint density at radius 2 is 1.53 bits per heavy atom. The first-order valence-corrected chi connectivity index (χ1v) is 13.5. The smallest absolute Gasteiger partial charge is 0.271 e. The van der Waals surface area contributed by atoms with E-state index in [9.17, 15) is 13.2 Å². The van der Waals surface area contributed by atoms with Gasteiger partial charge in [-0.2, -0.15) is 0 Å². The summed E-state index contributed by atoms with van der Waals surface area (Å²) in [6, 6.07) is 24.7. The zero-order valence-corrected chi connectivity index (χ0v) is 20.2. The van der Waals surface area contributed by atoms with Gasteiger partial charge in [-0.15, -0.1) is 11.3 Å². The fourth-order valence-electron chi connectivity index (χ4n) is 4.23. The maximum Gasteiger partial charge on any atom is 0.271 e. The lowest BCUT2D eigenvalue weighted by atomic mass is 10.0. The standard InChI is InChI=1S/C26H25N3O3S2/c30-26(29-14-12-28(13-15-29)19-20-7-2-1-3-8-20)23-17-21-9-4-5-10-22(21)18-24(23)27-34(31,32)25-11-6-16-33-25/h1-11,16-18,27H,12-15,19H2. The number of anilines is 1. The molecule has 1 fully saturated rings. The largest absolute Gasteiger partial charge is 0.336 e. The Hall–Kier alpha value is -3.20. The minimum Gasteiger partial charge on any atom is -0.336 e. The van der Waals surface area contributed by atoms with Gasteiger partial charge in [0.1, 0.15) is 4.21 Å². The van der Waals surface area contributed by atoms with Crippen molar-refractivity contribution in [2.75, 3.05) is 30.9 Å². The summed E-state index contributed by atoms with van der Waals surface area (Å²) >= 11 is 1.14. The summed E-state index contributed by atoms with van der Waals surface area (Å²) in [5.74, 6) is -0.158. The maximum atomic E-state index is 13.6. The van der Waals surface area contributed by atoms with Crippen molar-refractivity contribution in [3.63, 3.8) is 0 Å². The number of piperazine rings is 1. The van der Waals surface area contributed by atoms with Crippen molar-refractivity contribution >= 4 is 43.7 Å². The van der Waals surface area contributed by atoms with Crippen molar-refractivity contribution in [1.82, 2.24) is 9.80 Å². The van der Waals surface area contributed by atoms with Crippen LogP contribution in [0.1, 0.15) is 15.9 Å². The predicted octanol–water partition coefficient (Wildman–Crippen LogP) is 4.66. The van der Waals surface area contributed by atoms with Gasteiger partial charge < -0.3 is 4.90 Å². The van der Waals surface area contributed by atoms with Crippen LogP contribution in [-0.4, -0.2) is 50.3 Å². The summed E-state index contributed by atoms with van der Waals surface area (Å²) in [6.45, 7) is 3.57. The van der Waals surface area contributed by atoms with Gasteiger partial charge in [0.2, 0.25) is 0 Å². The van der Waals surface area contributed by atoms with Crippen LogP contribution >= 0.6 is 11.3 Å². The molecule has 0 spiro atoms. The average Bonchev–Trinajstić information content (AvgIpc) is 3.41. The molecule has 8 heteroatoms. The number of hydrogen-bond donors (Lipinski definition) is 1. The van der Waals surface area contributed by atoms with Crippen molar-refractivity contribution < 1.29 is 13.2 Å². The second kappa shape index (κ2) is 9.58. The summed E-state index contributed by atoms with van der Waals surface area (Å²) in [5, 5.41) is 3.49. The molecule has 0 saturated carbocycles. The molecule has 5 rings (SSSR count). The zero-order valence-electron chi connectivity index (χ0n) is 18.6. The van der Waals surface area contributed by atoms with Crippen LogP contribution in [0.4, 0.5) is 5.69 Å². The molecule has 0 aliphatic carbocycles. The minimum absolute atomic E-state index is 0.158. The molecule has 6 nitrogen and oxygen atoms in total. The number of nitrogens with one attached hydrogen (secondary N) is 1. The lowest BCUT2D eigenvalue weighted by molar-refractivity contribution is 0.0629. The van der Waals surface area contributed by atoms with E-state index < -0.39 is 10.0 Å². The van der Waals surface area contributed by atoms with Gasteiger partial charge in [-0.05, 0) is 39.9 Å². The highest BCUT2D eigenvalue weighted by Gasteiger charge is 2.26. The molecular weight excluding hydrogens is 466 g/mol. The molecule has 1 aromatic heterocycles. The van der Waals surface area contributed by atoms with Crippen LogP contribution in [0.25, 0.3) is 10.8 Å². The van der Waals surface area contributed by atoms with Gasteiger partial charge in [0.05, 0.1) is 11.3 Å². The van der Waals surface area contributed by atoms with Crippen LogP contribution in [0.3, 0.4) is 0 Å². The number of carbonyl (C=O) groups excluding carboxylic acids is 1. The SMILES string of the molecule is O=C(c1cc2ccccc2cc1NS(=O)(=O)c1cccs1)N1CCN(Cc2ccccc2)CC1. The highest BCUT2D eigenvalue weighted by atomic mass is 32.2. The van der Waals surface area contributed by atoms with Crippen LogP contribution < -0.4 is 4.72 Å². The van der Waals surface area contributed by atoms with Gasteiger partial charge in [0.15, 0.2) is 0 Å². The highest BCUT2D eigenvalue weighted by molar-refractivity contribution is 7.94. The number of amides is 1. The molecule has 1 saturated heterocycles. The second-order valence-corrected chi connectivity index (χ2v) is 11.2. The van der Waals surface area contributed by atoms with Crippen molar-refractivity contribution in [3.8, 4) is 0 Å². The monoisotopic (exact) mass is 491 g/mol. The highest BCUT2D eigenvalue weighted by Crippen LogP contribution is 2.29. The second-order valence-electron chi connectivity index (χ2n) is 8.34. The van der Waals surface area contributed by atoms with E-state index in [-0.39, 0.29) is 10.1 Å². The molecule has 0 unspecified atom stereocenters. The molecule has 34 heavy (non-hydrogen) atoms. The topological polar surface area (TPSA) is 69.7 Å². The first kappa shape index (κ1) is 22.6. The summed E-state index contributed by atoms with van der Waals surface area (Å²) < 4.78 is 28.8. The van der Waals surface area contributed by atoms with E-state index >= 15 is 0 Å². The molecule has 0 bridgehead atoms. The Morgan fingerprint density at radius 3 is 2.21 bits per heavy atom. The van der Waals surface area contributed by atoms with Gasteiger partial charge in [0.25, 0.3) is 15.9 Å². The molecule has 174 valence electrons. The molecular formula is C26H25N3O3S2. The molecule has 2 heterocycles. The summed E-state index contributed by atoms with van der Waals surface area (Å²) in [5.41, 5.74) is 1.93. The van der Waals surface area contributed by atoms with Gasteiger partial charge >= 0.3 is 0 Å². The number of fused-ring (bicyclic) bond motifs is 1. The van der Waals surface area contributed by atoms with E-state index in [2.05, 4.69) is 21.8 Å². The third-order valence-electron chi connectivity index (χ3n) is 6.03. The van der Waals surface area contributed by atoms with Crippen LogP contribution in [0, 0.1) is 0 Å². The van der Waals surface area contributed by atoms with Crippen molar-refractivity contribution in [3.05, 3.63) is 95.4 Å². The van der Waals surface area contributed by atoms with Crippen LogP contribution in [-0.2, 0) is 16.6 Å². The Kier molecular flexibility index (Phi) is 6.36. The van der Waals surface area contributed by atoms with Crippen LogP contribution in [0.5, 0.6) is 0 Å². The molecule has 3 aromatic carbocycles. The van der Waals surface area contributed by atoms with Crippen LogP contribution in [0.2, 0.25) is 0 Å². The number of carbonyl (C=O) groups is 1. The molecule has 0 radical (unpaired) electrons. The van der Waals surface area contributed by atoms with E-state index in [1.807, 2.05) is 47.4 Å². The Balaban J connectivity index is 1.39. The first-order chi connectivity index (χ1) is 16.5. The number of rotatable bonds is 6. The molecule has 1 aliphatic rings. The molecule has 1 N–H and O–H groups in total. The lowest BCUT2D eigenvalue weighted by Crippen LogP contribution is -2.48. The predicted molar refractivity (Wildman–Crippen MR) is 137 cm³/mol. The number of sulfonamides is 1. The first-order valence-electron chi connectivity index (χ1n) is 11.1. The molecule has 4 aromatic rings. The maximum absolute atomic E-state index is 13.6. The zero-order chi connectivity index (χ0) is 23.5. The third kappa shape index (κ3) is 4.84. The molecule has 0 atom stereocenters. The number of thiophene rings is 1. The van der Waals surface area contributed by atoms with Gasteiger partial charge in [-0.1, -0.05) is 60.7 Å². The number of hydrogen-bond acceptors (Lipinski definition) is 5. The van der Waals surface area contributed by atoms with E-state index in [1.165, 1.54) is 5.56 Å². The molecule has 1 aliphatic heterocycles. The van der Waals surface area contributed by atoms with Crippen LogP contribution in [0.15, 0.2) is 88.5 Å². The molecule has 1 amide bonds. The Bertz CT molecular complexity index is 1400. The summed E-state index contributed by atoms with van der Waals surface area (Å²) in [7, 11) is -3.78. The fraction of sp³-hybridized carbons (Fsp3) is 0.192. The fourth-order valence-corrected chi connectivity index (χ4v) is 6.30. The average molecular weight is 492 g/mol. The van der Waals surface area contributed by atoms with Crippen molar-refractivity contribution in [1.29, 1.82) is 0 Å². The summed E-state index contributed by atoms with van der Waals surface area (Å²) in [4.78, 5) is 17.7. The minimum atomic E-state index is -3.78. The van der Waals surface area contributed by atoms with Gasteiger partial charge in [-0.3, -0.25) is 14.4 Å². The van der Waals surface area contributed by atoms with Gasteiger partial charge in [-0.25, -0.2) is 8.42 Å². The van der Waals surface area contributed by atoms with Crippen molar-refractivity contribution in [2.24, 2.45) is 0 Å². The van der Waals surface area contributed by atoms with E-state index in [4.69, 9.17) is 0 Å². The normalized spacial score (nSPS) is 14.9. The van der Waals surface area contributed by atoms with E-state index in [0.29, 0.717) is 24.3 Å². The van der Waals surface area contributed by atoms with Gasteiger partial charge in [0, 0.05) is 32.7 Å². The van der Waals surface area contributed by atoms with E-state index in [0.717, 1.165) is 41.7 Å². The third-order valence-corrected chi connectivity index (χ3v) is 8.79. The van der Waals surface area contributed by atoms with Crippen molar-refractivity contribution in [2.45, 2.75) is 10.8 Å². The van der Waals surface area contributed by atoms with E-state index in [1.54, 1.807) is 29.6 Å². The quantitative estimate of drug-likeness (QED) is 0.426. The lowest BCUT2D eigenvalue weighted by Gasteiger charge is -2.35.